The number of nitrogens with zero attached hydrogens (tertiary/aromatic N) is 2. The molecule has 0 unspecified atom stereocenters. The number of aryl methyl sites for hydroxylation is 3. The third-order valence-electron chi connectivity index (χ3n) is 4.74. The van der Waals surface area contributed by atoms with Crippen molar-refractivity contribution < 1.29 is 4.79 Å². The van der Waals surface area contributed by atoms with E-state index in [0.29, 0.717) is 18.4 Å². The Morgan fingerprint density at radius 3 is 3.04 bits per heavy atom. The van der Waals surface area contributed by atoms with E-state index >= 15 is 0 Å². The molecule has 1 aliphatic carbocycles. The molecule has 3 aromatic rings. The summed E-state index contributed by atoms with van der Waals surface area (Å²) in [5.41, 5.74) is 4.87. The maximum Gasteiger partial charge on any atom is 0.220 e. The molecule has 0 spiro atoms. The van der Waals surface area contributed by atoms with Gasteiger partial charge in [-0.3, -0.25) is 9.20 Å². The van der Waals surface area contributed by atoms with Crippen molar-refractivity contribution in [3.8, 4) is 0 Å². The zero-order valence-corrected chi connectivity index (χ0v) is 14.8. The molecule has 1 saturated carbocycles. The average molecular weight is 339 g/mol. The van der Waals surface area contributed by atoms with Crippen LogP contribution in [0, 0.1) is 13.8 Å². The maximum absolute atomic E-state index is 12.3. The summed E-state index contributed by atoms with van der Waals surface area (Å²) in [5, 5.41) is 5.28. The highest BCUT2D eigenvalue weighted by Gasteiger charge is 2.39. The lowest BCUT2D eigenvalue weighted by atomic mass is 10.0. The Morgan fingerprint density at radius 2 is 2.21 bits per heavy atom. The molecule has 0 saturated heterocycles. The second-order valence-corrected chi connectivity index (χ2v) is 7.47. The molecule has 2 heterocycles. The lowest BCUT2D eigenvalue weighted by Gasteiger charge is -2.07. The van der Waals surface area contributed by atoms with Crippen molar-refractivity contribution >= 4 is 22.2 Å². The van der Waals surface area contributed by atoms with Gasteiger partial charge >= 0.3 is 0 Å². The minimum atomic E-state index is 0.146. The maximum atomic E-state index is 12.3. The van der Waals surface area contributed by atoms with E-state index < -0.39 is 0 Å². The number of carbonyl (C=O) groups excluding carboxylic acids is 1. The summed E-state index contributed by atoms with van der Waals surface area (Å²) in [6.45, 7) is 4.14. The molecule has 5 heteroatoms. The molecular weight excluding hydrogens is 318 g/mol. The van der Waals surface area contributed by atoms with Crippen LogP contribution in [0.3, 0.4) is 0 Å². The normalized spacial score (nSPS) is 19.6. The fourth-order valence-corrected chi connectivity index (χ4v) is 4.30. The number of nitrogens with one attached hydrogen (secondary N) is 1. The van der Waals surface area contributed by atoms with Crippen LogP contribution in [0.25, 0.3) is 4.96 Å². The van der Waals surface area contributed by atoms with Crippen molar-refractivity contribution in [1.82, 2.24) is 14.7 Å². The molecule has 1 aromatic carbocycles. The molecule has 124 valence electrons. The fourth-order valence-electron chi connectivity index (χ4n) is 3.34. The van der Waals surface area contributed by atoms with Gasteiger partial charge in [-0.15, -0.1) is 11.3 Å². The van der Waals surface area contributed by atoms with Gasteiger partial charge < -0.3 is 5.32 Å². The third-order valence-corrected chi connectivity index (χ3v) is 5.63. The molecule has 0 aliphatic heterocycles. The van der Waals surface area contributed by atoms with Gasteiger partial charge in [0, 0.05) is 35.7 Å². The van der Waals surface area contributed by atoms with Gasteiger partial charge in [0.05, 0.1) is 5.69 Å². The van der Waals surface area contributed by atoms with Gasteiger partial charge in [0.2, 0.25) is 5.91 Å². The first-order chi connectivity index (χ1) is 11.6. The Balaban J connectivity index is 1.32. The van der Waals surface area contributed by atoms with Gasteiger partial charge in [0.25, 0.3) is 0 Å². The molecule has 1 aliphatic rings. The van der Waals surface area contributed by atoms with Crippen LogP contribution in [0.15, 0.2) is 35.8 Å². The number of imidazole rings is 1. The van der Waals surface area contributed by atoms with Crippen LogP contribution in [0.2, 0.25) is 0 Å². The fraction of sp³-hybridized carbons (Fsp3) is 0.368. The van der Waals surface area contributed by atoms with Gasteiger partial charge in [-0.1, -0.05) is 24.3 Å². The number of benzene rings is 1. The lowest BCUT2D eigenvalue weighted by Crippen LogP contribution is -2.26. The number of fused-ring (bicyclic) bond motifs is 1. The summed E-state index contributed by atoms with van der Waals surface area (Å²) in [6, 6.07) is 8.76. The molecule has 2 aromatic heterocycles. The third kappa shape index (κ3) is 2.96. The van der Waals surface area contributed by atoms with Gasteiger partial charge in [0.15, 0.2) is 4.96 Å². The van der Waals surface area contributed by atoms with E-state index in [1.807, 2.05) is 13.1 Å². The Kier molecular flexibility index (Phi) is 3.88. The second-order valence-electron chi connectivity index (χ2n) is 6.63. The highest BCUT2D eigenvalue weighted by molar-refractivity contribution is 7.15. The minimum Gasteiger partial charge on any atom is -0.353 e. The standard InChI is InChI=1S/C19H21N3OS/c1-12-5-3-4-6-15(12)16-9-17(16)21-18(23)8-7-14-11-24-19-20-13(2)10-22(14)19/h3-6,10-11,16-17H,7-9H2,1-2H3,(H,21,23)/t16-,17+/m0/s1. The van der Waals surface area contributed by atoms with Crippen LogP contribution < -0.4 is 5.32 Å². The SMILES string of the molecule is Cc1cn2c(CCC(=O)N[C@@H]3C[C@H]3c3ccccc3C)csc2n1. The topological polar surface area (TPSA) is 46.4 Å². The zero-order valence-electron chi connectivity index (χ0n) is 14.0. The second kappa shape index (κ2) is 6.06. The first-order valence-corrected chi connectivity index (χ1v) is 9.27. The zero-order chi connectivity index (χ0) is 16.7. The van der Waals surface area contributed by atoms with Gasteiger partial charge in [-0.25, -0.2) is 4.98 Å². The molecule has 24 heavy (non-hydrogen) atoms. The van der Waals surface area contributed by atoms with Gasteiger partial charge in [-0.2, -0.15) is 0 Å². The number of aromatic nitrogens is 2. The molecule has 4 nitrogen and oxygen atoms in total. The smallest absolute Gasteiger partial charge is 0.220 e. The number of rotatable bonds is 5. The van der Waals surface area contributed by atoms with Gasteiger partial charge in [0.1, 0.15) is 0 Å². The summed E-state index contributed by atoms with van der Waals surface area (Å²) in [7, 11) is 0. The number of amides is 1. The van der Waals surface area contributed by atoms with E-state index in [1.165, 1.54) is 11.1 Å². The molecule has 4 rings (SSSR count). The monoisotopic (exact) mass is 339 g/mol. The molecule has 1 N–H and O–H groups in total. The summed E-state index contributed by atoms with van der Waals surface area (Å²) >= 11 is 1.63. The summed E-state index contributed by atoms with van der Waals surface area (Å²) in [4.78, 5) is 17.7. The molecule has 1 fully saturated rings. The molecule has 0 radical (unpaired) electrons. The van der Waals surface area contributed by atoms with Crippen LogP contribution in [0.1, 0.15) is 41.3 Å². The summed E-state index contributed by atoms with van der Waals surface area (Å²) in [5.74, 6) is 0.631. The lowest BCUT2D eigenvalue weighted by molar-refractivity contribution is -0.121. The van der Waals surface area contributed by atoms with Crippen molar-refractivity contribution in [2.75, 3.05) is 0 Å². The van der Waals surface area contributed by atoms with Crippen molar-refractivity contribution in [2.24, 2.45) is 0 Å². The van der Waals surface area contributed by atoms with Crippen molar-refractivity contribution in [3.63, 3.8) is 0 Å². The predicted octanol–water partition coefficient (Wildman–Crippen LogP) is 3.62. The van der Waals surface area contributed by atoms with Crippen LogP contribution in [0.4, 0.5) is 0 Å². The largest absolute Gasteiger partial charge is 0.353 e. The van der Waals surface area contributed by atoms with E-state index in [-0.39, 0.29) is 5.91 Å². The number of hydrogen-bond acceptors (Lipinski definition) is 3. The highest BCUT2D eigenvalue weighted by Crippen LogP contribution is 2.42. The molecule has 2 atom stereocenters. The first kappa shape index (κ1) is 15.4. The number of carbonyl (C=O) groups is 1. The van der Waals surface area contributed by atoms with E-state index in [4.69, 9.17) is 0 Å². The Hall–Kier alpha value is -2.14. The van der Waals surface area contributed by atoms with E-state index in [2.05, 4.69) is 51.3 Å². The van der Waals surface area contributed by atoms with Crippen LogP contribution in [-0.4, -0.2) is 21.3 Å². The van der Waals surface area contributed by atoms with Crippen molar-refractivity contribution in [2.45, 2.75) is 45.1 Å². The Bertz CT molecular complexity index is 895. The van der Waals surface area contributed by atoms with E-state index in [0.717, 1.165) is 29.2 Å². The van der Waals surface area contributed by atoms with Gasteiger partial charge in [-0.05, 0) is 37.8 Å². The molecule has 1 amide bonds. The summed E-state index contributed by atoms with van der Waals surface area (Å²) < 4.78 is 2.10. The quantitative estimate of drug-likeness (QED) is 0.772. The Morgan fingerprint density at radius 1 is 1.38 bits per heavy atom. The molecule has 0 bridgehead atoms. The van der Waals surface area contributed by atoms with Crippen molar-refractivity contribution in [3.05, 3.63) is 58.4 Å². The number of hydrogen-bond donors (Lipinski definition) is 1. The minimum absolute atomic E-state index is 0.146. The predicted molar refractivity (Wildman–Crippen MR) is 96.6 cm³/mol. The van der Waals surface area contributed by atoms with Crippen molar-refractivity contribution in [1.29, 1.82) is 0 Å². The van der Waals surface area contributed by atoms with E-state index in [9.17, 15) is 4.79 Å². The Labute approximate surface area is 145 Å². The first-order valence-electron chi connectivity index (χ1n) is 8.39. The van der Waals surface area contributed by atoms with E-state index in [1.54, 1.807) is 11.3 Å². The highest BCUT2D eigenvalue weighted by atomic mass is 32.1. The molecular formula is C19H21N3OS. The summed E-state index contributed by atoms with van der Waals surface area (Å²) in [6.07, 6.45) is 4.37. The van der Waals surface area contributed by atoms with Crippen LogP contribution >= 0.6 is 11.3 Å². The number of thiazole rings is 1. The average Bonchev–Trinajstić information content (AvgIpc) is 3.04. The van der Waals surface area contributed by atoms with Crippen LogP contribution in [0.5, 0.6) is 0 Å². The van der Waals surface area contributed by atoms with Crippen LogP contribution in [-0.2, 0) is 11.2 Å².